The number of hydrogen-bond donors (Lipinski definition) is 2. The average molecular weight is 456 g/mol. The lowest BCUT2D eigenvalue weighted by molar-refractivity contribution is -0.113. The minimum absolute atomic E-state index is 0.340. The van der Waals surface area contributed by atoms with Gasteiger partial charge in [0, 0.05) is 23.7 Å². The van der Waals surface area contributed by atoms with Crippen LogP contribution in [0.1, 0.15) is 18.5 Å². The molecule has 5 rings (SSSR count). The van der Waals surface area contributed by atoms with E-state index in [0.29, 0.717) is 40.0 Å². The number of ether oxygens (including phenoxy) is 1. The number of carbonyl (C=O) groups is 1. The highest BCUT2D eigenvalue weighted by atomic mass is 19.1. The number of rotatable bonds is 5. The third kappa shape index (κ3) is 3.88. The number of halogens is 1. The van der Waals surface area contributed by atoms with Gasteiger partial charge >= 0.3 is 0 Å². The molecular weight excluding hydrogens is 435 g/mol. The van der Waals surface area contributed by atoms with E-state index >= 15 is 0 Å². The molecule has 3 heterocycles. The van der Waals surface area contributed by atoms with E-state index in [9.17, 15) is 9.18 Å². The number of carbonyl (C=O) groups excluding carboxylic acids is 1. The van der Waals surface area contributed by atoms with E-state index in [1.165, 1.54) is 12.1 Å². The summed E-state index contributed by atoms with van der Waals surface area (Å²) in [5.41, 5.74) is 3.00. The Morgan fingerprint density at radius 3 is 2.65 bits per heavy atom. The van der Waals surface area contributed by atoms with Gasteiger partial charge < -0.3 is 15.4 Å². The molecule has 34 heavy (non-hydrogen) atoms. The molecule has 0 spiro atoms. The molecule has 0 radical (unpaired) electrons. The number of amides is 1. The van der Waals surface area contributed by atoms with Crippen molar-refractivity contribution in [2.75, 3.05) is 17.7 Å². The Hall–Kier alpha value is -4.53. The lowest BCUT2D eigenvalue weighted by Crippen LogP contribution is -2.31. The predicted molar refractivity (Wildman–Crippen MR) is 126 cm³/mol. The first kappa shape index (κ1) is 21.3. The summed E-state index contributed by atoms with van der Waals surface area (Å²) in [5.74, 6) is 0.763. The van der Waals surface area contributed by atoms with Gasteiger partial charge in [-0.2, -0.15) is 4.98 Å². The summed E-state index contributed by atoms with van der Waals surface area (Å²) in [6.45, 7) is 1.80. The highest BCUT2D eigenvalue weighted by molar-refractivity contribution is 6.06. The van der Waals surface area contributed by atoms with Gasteiger partial charge in [-0.25, -0.2) is 9.07 Å². The number of nitrogens with zero attached hydrogens (tertiary/aromatic N) is 4. The first-order valence-corrected chi connectivity index (χ1v) is 10.6. The predicted octanol–water partition coefficient (Wildman–Crippen LogP) is 4.42. The molecule has 170 valence electrons. The van der Waals surface area contributed by atoms with Gasteiger partial charge in [0.2, 0.25) is 5.95 Å². The molecule has 9 heteroatoms. The van der Waals surface area contributed by atoms with Crippen molar-refractivity contribution in [3.8, 4) is 17.1 Å². The summed E-state index contributed by atoms with van der Waals surface area (Å²) in [5, 5.41) is 10.8. The van der Waals surface area contributed by atoms with Crippen LogP contribution in [0, 0.1) is 5.82 Å². The molecule has 4 aromatic rings. The van der Waals surface area contributed by atoms with Gasteiger partial charge in [0.15, 0.2) is 5.82 Å². The number of aromatic nitrogens is 4. The fourth-order valence-corrected chi connectivity index (χ4v) is 3.95. The minimum Gasteiger partial charge on any atom is -0.495 e. The summed E-state index contributed by atoms with van der Waals surface area (Å²) in [4.78, 5) is 22.3. The third-order valence-corrected chi connectivity index (χ3v) is 5.56. The molecule has 0 saturated heterocycles. The third-order valence-electron chi connectivity index (χ3n) is 5.56. The van der Waals surface area contributed by atoms with Crippen molar-refractivity contribution in [3.05, 3.63) is 95.7 Å². The second-order valence-corrected chi connectivity index (χ2v) is 7.72. The summed E-state index contributed by atoms with van der Waals surface area (Å²) >= 11 is 0. The van der Waals surface area contributed by atoms with Crippen LogP contribution in [0.5, 0.6) is 5.75 Å². The molecule has 2 aromatic heterocycles. The Kier molecular flexibility index (Phi) is 5.51. The largest absolute Gasteiger partial charge is 0.495 e. The number of methoxy groups -OCH3 is 1. The lowest BCUT2D eigenvalue weighted by Gasteiger charge is -2.28. The smallest absolute Gasteiger partial charge is 0.255 e. The molecule has 1 amide bonds. The quantitative estimate of drug-likeness (QED) is 0.462. The van der Waals surface area contributed by atoms with E-state index < -0.39 is 6.04 Å². The van der Waals surface area contributed by atoms with Crippen LogP contribution in [-0.4, -0.2) is 32.8 Å². The molecule has 1 aliphatic heterocycles. The maximum absolute atomic E-state index is 13.7. The van der Waals surface area contributed by atoms with Crippen LogP contribution in [0.4, 0.5) is 16.0 Å². The molecule has 0 saturated carbocycles. The zero-order valence-corrected chi connectivity index (χ0v) is 18.5. The number of para-hydroxylation sites is 2. The van der Waals surface area contributed by atoms with Crippen molar-refractivity contribution in [1.29, 1.82) is 0 Å². The molecule has 2 N–H and O–H groups in total. The Balaban J connectivity index is 1.60. The number of benzene rings is 2. The summed E-state index contributed by atoms with van der Waals surface area (Å²) in [6, 6.07) is 16.2. The topological polar surface area (TPSA) is 94.0 Å². The van der Waals surface area contributed by atoms with Crippen LogP contribution in [0.2, 0.25) is 0 Å². The van der Waals surface area contributed by atoms with Crippen molar-refractivity contribution in [2.24, 2.45) is 0 Å². The monoisotopic (exact) mass is 456 g/mol. The average Bonchev–Trinajstić information content (AvgIpc) is 3.28. The van der Waals surface area contributed by atoms with E-state index in [1.54, 1.807) is 61.4 Å². The Bertz CT molecular complexity index is 1380. The maximum atomic E-state index is 13.7. The highest BCUT2D eigenvalue weighted by Gasteiger charge is 2.34. The molecule has 0 unspecified atom stereocenters. The second-order valence-electron chi connectivity index (χ2n) is 7.72. The molecule has 1 aliphatic rings. The van der Waals surface area contributed by atoms with Crippen molar-refractivity contribution in [2.45, 2.75) is 13.0 Å². The van der Waals surface area contributed by atoms with Crippen LogP contribution in [0.25, 0.3) is 11.4 Å². The van der Waals surface area contributed by atoms with Gasteiger partial charge in [-0.1, -0.05) is 24.3 Å². The molecule has 0 aliphatic carbocycles. The van der Waals surface area contributed by atoms with Crippen molar-refractivity contribution in [3.63, 3.8) is 0 Å². The number of allylic oxidation sites excluding steroid dienone is 1. The number of anilines is 2. The molecule has 0 bridgehead atoms. The van der Waals surface area contributed by atoms with Crippen molar-refractivity contribution >= 4 is 17.5 Å². The van der Waals surface area contributed by atoms with Crippen molar-refractivity contribution < 1.29 is 13.9 Å². The van der Waals surface area contributed by atoms with Gasteiger partial charge in [-0.3, -0.25) is 9.78 Å². The van der Waals surface area contributed by atoms with Crippen LogP contribution in [-0.2, 0) is 4.79 Å². The fraction of sp³-hybridized carbons (Fsp3) is 0.120. The van der Waals surface area contributed by atoms with E-state index in [1.807, 2.05) is 18.2 Å². The number of nitrogens with one attached hydrogen (secondary N) is 2. The Morgan fingerprint density at radius 2 is 1.91 bits per heavy atom. The van der Waals surface area contributed by atoms with Crippen LogP contribution in [0.3, 0.4) is 0 Å². The normalized spacial score (nSPS) is 14.9. The van der Waals surface area contributed by atoms with Crippen molar-refractivity contribution in [1.82, 2.24) is 19.7 Å². The van der Waals surface area contributed by atoms with Gasteiger partial charge in [-0.05, 0) is 48.9 Å². The molecular formula is C25H21FN6O2. The second kappa shape index (κ2) is 8.78. The maximum Gasteiger partial charge on any atom is 0.255 e. The fourth-order valence-electron chi connectivity index (χ4n) is 3.95. The summed E-state index contributed by atoms with van der Waals surface area (Å²) in [6.07, 6.45) is 3.34. The van der Waals surface area contributed by atoms with Gasteiger partial charge in [0.05, 0.1) is 18.4 Å². The van der Waals surface area contributed by atoms with E-state index in [0.717, 1.165) is 5.56 Å². The Morgan fingerprint density at radius 1 is 1.12 bits per heavy atom. The van der Waals surface area contributed by atoms with Gasteiger partial charge in [0.25, 0.3) is 5.91 Å². The highest BCUT2D eigenvalue weighted by Crippen LogP contribution is 2.37. The summed E-state index contributed by atoms with van der Waals surface area (Å²) < 4.78 is 20.7. The van der Waals surface area contributed by atoms with Gasteiger partial charge in [0.1, 0.15) is 17.6 Å². The van der Waals surface area contributed by atoms with Crippen LogP contribution in [0.15, 0.2) is 84.3 Å². The first-order valence-electron chi connectivity index (χ1n) is 10.6. The number of fused-ring (bicyclic) bond motifs is 1. The molecule has 0 fully saturated rings. The summed E-state index contributed by atoms with van der Waals surface area (Å²) in [7, 11) is 1.54. The Labute approximate surface area is 195 Å². The zero-order chi connectivity index (χ0) is 23.7. The lowest BCUT2D eigenvalue weighted by atomic mass is 9.95. The molecule has 8 nitrogen and oxygen atoms in total. The van der Waals surface area contributed by atoms with E-state index in [-0.39, 0.29) is 11.7 Å². The van der Waals surface area contributed by atoms with Gasteiger partial charge in [-0.15, -0.1) is 5.10 Å². The minimum atomic E-state index is -0.635. The number of hydrogen-bond acceptors (Lipinski definition) is 6. The van der Waals surface area contributed by atoms with Crippen LogP contribution < -0.4 is 15.4 Å². The van der Waals surface area contributed by atoms with E-state index in [2.05, 4.69) is 25.7 Å². The van der Waals surface area contributed by atoms with E-state index in [4.69, 9.17) is 4.74 Å². The zero-order valence-electron chi connectivity index (χ0n) is 18.5. The molecule has 1 atom stereocenters. The standard InChI is InChI=1S/C25H21FN6O2/c1-15-21(24(33)29-19-7-3-4-8-20(19)34-2)22(16-9-11-18(26)12-10-16)32-25(28-15)30-23(31-32)17-6-5-13-27-14-17/h3-14,22H,1-2H3,(H,29,33)(H,28,30,31)/t22-/m0/s1. The molecule has 2 aromatic carbocycles. The van der Waals surface area contributed by atoms with Crippen LogP contribution >= 0.6 is 0 Å². The number of pyridine rings is 1. The SMILES string of the molecule is COc1ccccc1NC(=O)C1=C(C)Nc2nc(-c3cccnc3)nn2[C@H]1c1ccc(F)cc1. The first-order chi connectivity index (χ1) is 16.5.